The number of amides is 1. The summed E-state index contributed by atoms with van der Waals surface area (Å²) in [5.74, 6) is -1.10. The van der Waals surface area contributed by atoms with Gasteiger partial charge < -0.3 is 14.7 Å². The summed E-state index contributed by atoms with van der Waals surface area (Å²) in [7, 11) is 1.78. The molecule has 1 aromatic rings. The zero-order valence-electron chi connectivity index (χ0n) is 12.0. The van der Waals surface area contributed by atoms with E-state index in [1.165, 1.54) is 11.1 Å². The van der Waals surface area contributed by atoms with Crippen molar-refractivity contribution in [1.29, 1.82) is 0 Å². The van der Waals surface area contributed by atoms with Crippen LogP contribution in [-0.2, 0) is 20.7 Å². The molecule has 3 atom stereocenters. The lowest BCUT2D eigenvalue weighted by Crippen LogP contribution is -2.38. The normalized spacial score (nSPS) is 27.4. The molecule has 0 spiro atoms. The Balaban J connectivity index is 1.70. The standard InChI is InChI=1S/C16H19NO4/c1-17(12-7-6-10-4-2-3-5-11(10)12)15(18)13-8-9-14(21-13)16(19)20/h2-5,12-14H,6-9H2,1H3,(H,19,20)/t12?,13-,14+/m0/s1. The van der Waals surface area contributed by atoms with Crippen LogP contribution in [0.5, 0.6) is 0 Å². The summed E-state index contributed by atoms with van der Waals surface area (Å²) in [4.78, 5) is 25.2. The van der Waals surface area contributed by atoms with Gasteiger partial charge in [-0.25, -0.2) is 4.79 Å². The number of carboxylic acids is 1. The third-order valence-corrected chi connectivity index (χ3v) is 4.49. The smallest absolute Gasteiger partial charge is 0.332 e. The lowest BCUT2D eigenvalue weighted by molar-refractivity contribution is -0.155. The molecular formula is C16H19NO4. The van der Waals surface area contributed by atoms with Gasteiger partial charge in [0, 0.05) is 7.05 Å². The van der Waals surface area contributed by atoms with E-state index in [1.807, 2.05) is 12.1 Å². The number of nitrogens with zero attached hydrogens (tertiary/aromatic N) is 1. The van der Waals surface area contributed by atoms with Gasteiger partial charge in [0.2, 0.25) is 0 Å². The van der Waals surface area contributed by atoms with Crippen LogP contribution in [0.3, 0.4) is 0 Å². The summed E-state index contributed by atoms with van der Waals surface area (Å²) in [6.07, 6.45) is 1.31. The highest BCUT2D eigenvalue weighted by atomic mass is 16.5. The minimum Gasteiger partial charge on any atom is -0.479 e. The minimum absolute atomic E-state index is 0.0705. The molecular weight excluding hydrogens is 270 g/mol. The monoisotopic (exact) mass is 289 g/mol. The first kappa shape index (κ1) is 14.1. The van der Waals surface area contributed by atoms with Crippen molar-refractivity contribution in [2.24, 2.45) is 0 Å². The van der Waals surface area contributed by atoms with Gasteiger partial charge in [-0.15, -0.1) is 0 Å². The molecule has 0 aromatic heterocycles. The SMILES string of the molecule is CN(C(=O)[C@@H]1CC[C@H](C(=O)O)O1)C1CCc2ccccc21. The highest BCUT2D eigenvalue weighted by Crippen LogP contribution is 2.36. The fraction of sp³-hybridized carbons (Fsp3) is 0.500. The van der Waals surface area contributed by atoms with E-state index in [9.17, 15) is 9.59 Å². The highest BCUT2D eigenvalue weighted by molar-refractivity contribution is 5.83. The van der Waals surface area contributed by atoms with Gasteiger partial charge in [-0.2, -0.15) is 0 Å². The predicted molar refractivity (Wildman–Crippen MR) is 75.8 cm³/mol. The number of hydrogen-bond donors (Lipinski definition) is 1. The summed E-state index contributed by atoms with van der Waals surface area (Å²) in [6.45, 7) is 0. The van der Waals surface area contributed by atoms with Gasteiger partial charge in [0.15, 0.2) is 6.10 Å². The molecule has 1 amide bonds. The molecule has 0 saturated carbocycles. The molecule has 1 N–H and O–H groups in total. The Morgan fingerprint density at radius 3 is 2.62 bits per heavy atom. The molecule has 1 saturated heterocycles. The van der Waals surface area contributed by atoms with Gasteiger partial charge in [0.1, 0.15) is 6.10 Å². The molecule has 1 fully saturated rings. The number of carboxylic acid groups (broad SMARTS) is 1. The van der Waals surface area contributed by atoms with Crippen LogP contribution in [0.4, 0.5) is 0 Å². The summed E-state index contributed by atoms with van der Waals surface area (Å²) >= 11 is 0. The van der Waals surface area contributed by atoms with Gasteiger partial charge in [0.05, 0.1) is 6.04 Å². The lowest BCUT2D eigenvalue weighted by Gasteiger charge is -2.27. The molecule has 21 heavy (non-hydrogen) atoms. The lowest BCUT2D eigenvalue weighted by atomic mass is 10.1. The van der Waals surface area contributed by atoms with Crippen molar-refractivity contribution in [2.45, 2.75) is 43.9 Å². The van der Waals surface area contributed by atoms with Crippen molar-refractivity contribution in [3.05, 3.63) is 35.4 Å². The molecule has 5 heteroatoms. The van der Waals surface area contributed by atoms with Crippen molar-refractivity contribution in [1.82, 2.24) is 4.90 Å². The van der Waals surface area contributed by atoms with E-state index in [4.69, 9.17) is 9.84 Å². The number of carbonyl (C=O) groups is 2. The summed E-state index contributed by atoms with van der Waals surface area (Å²) in [5, 5.41) is 8.94. The summed E-state index contributed by atoms with van der Waals surface area (Å²) in [6, 6.07) is 8.23. The Morgan fingerprint density at radius 2 is 1.90 bits per heavy atom. The van der Waals surface area contributed by atoms with Gasteiger partial charge in [-0.3, -0.25) is 4.79 Å². The first-order chi connectivity index (χ1) is 10.1. The van der Waals surface area contributed by atoms with E-state index in [2.05, 4.69) is 12.1 Å². The van der Waals surface area contributed by atoms with E-state index in [1.54, 1.807) is 11.9 Å². The predicted octanol–water partition coefficient (Wildman–Crippen LogP) is 1.76. The Hall–Kier alpha value is -1.88. The minimum atomic E-state index is -0.987. The number of aryl methyl sites for hydroxylation is 1. The third-order valence-electron chi connectivity index (χ3n) is 4.49. The molecule has 0 bridgehead atoms. The van der Waals surface area contributed by atoms with E-state index in [0.29, 0.717) is 12.8 Å². The van der Waals surface area contributed by atoms with E-state index >= 15 is 0 Å². The highest BCUT2D eigenvalue weighted by Gasteiger charge is 2.38. The number of aliphatic carboxylic acids is 1. The van der Waals surface area contributed by atoms with Crippen LogP contribution < -0.4 is 0 Å². The fourth-order valence-electron chi connectivity index (χ4n) is 3.32. The van der Waals surface area contributed by atoms with Crippen LogP contribution in [0, 0.1) is 0 Å². The van der Waals surface area contributed by atoms with Crippen molar-refractivity contribution in [3.63, 3.8) is 0 Å². The van der Waals surface area contributed by atoms with Crippen LogP contribution in [0.15, 0.2) is 24.3 Å². The topological polar surface area (TPSA) is 66.8 Å². The number of benzene rings is 1. The molecule has 1 aliphatic carbocycles. The Kier molecular flexibility index (Phi) is 3.68. The zero-order valence-corrected chi connectivity index (χ0v) is 12.0. The molecule has 1 heterocycles. The number of carbonyl (C=O) groups excluding carboxylic acids is 1. The number of hydrogen-bond acceptors (Lipinski definition) is 3. The van der Waals surface area contributed by atoms with Crippen molar-refractivity contribution in [2.75, 3.05) is 7.05 Å². The summed E-state index contributed by atoms with van der Waals surface area (Å²) in [5.41, 5.74) is 2.49. The van der Waals surface area contributed by atoms with Crippen molar-refractivity contribution >= 4 is 11.9 Å². The number of fused-ring (bicyclic) bond motifs is 1. The molecule has 0 radical (unpaired) electrons. The number of likely N-dealkylation sites (N-methyl/N-ethyl adjacent to an activating group) is 1. The summed E-state index contributed by atoms with van der Waals surface area (Å²) < 4.78 is 5.36. The first-order valence-corrected chi connectivity index (χ1v) is 7.30. The maximum atomic E-state index is 12.5. The van der Waals surface area contributed by atoms with Crippen molar-refractivity contribution < 1.29 is 19.4 Å². The quantitative estimate of drug-likeness (QED) is 0.921. The fourth-order valence-corrected chi connectivity index (χ4v) is 3.32. The van der Waals surface area contributed by atoms with Crippen molar-refractivity contribution in [3.8, 4) is 0 Å². The van der Waals surface area contributed by atoms with Gasteiger partial charge in [-0.1, -0.05) is 24.3 Å². The second kappa shape index (κ2) is 5.48. The van der Waals surface area contributed by atoms with Crippen LogP contribution >= 0.6 is 0 Å². The molecule has 5 nitrogen and oxygen atoms in total. The Labute approximate surface area is 123 Å². The number of rotatable bonds is 3. The molecule has 1 aromatic carbocycles. The Bertz CT molecular complexity index is 571. The average molecular weight is 289 g/mol. The van der Waals surface area contributed by atoms with Gasteiger partial charge >= 0.3 is 5.97 Å². The molecule has 112 valence electrons. The van der Waals surface area contributed by atoms with Gasteiger partial charge in [0.25, 0.3) is 5.91 Å². The van der Waals surface area contributed by atoms with E-state index < -0.39 is 18.2 Å². The van der Waals surface area contributed by atoms with Crippen LogP contribution in [0.1, 0.15) is 36.4 Å². The largest absolute Gasteiger partial charge is 0.479 e. The van der Waals surface area contributed by atoms with E-state index in [0.717, 1.165) is 12.8 Å². The van der Waals surface area contributed by atoms with Crippen LogP contribution in [0.25, 0.3) is 0 Å². The second-order valence-electron chi connectivity index (χ2n) is 5.73. The number of ether oxygens (including phenoxy) is 1. The van der Waals surface area contributed by atoms with Crippen LogP contribution in [-0.4, -0.2) is 41.1 Å². The third kappa shape index (κ3) is 2.53. The molecule has 1 aliphatic heterocycles. The van der Waals surface area contributed by atoms with Gasteiger partial charge in [-0.05, 0) is 36.8 Å². The maximum absolute atomic E-state index is 12.5. The second-order valence-corrected chi connectivity index (χ2v) is 5.73. The molecule has 1 unspecified atom stereocenters. The Morgan fingerprint density at radius 1 is 1.19 bits per heavy atom. The maximum Gasteiger partial charge on any atom is 0.332 e. The molecule has 3 rings (SSSR count). The average Bonchev–Trinajstić information content (AvgIpc) is 3.12. The molecule has 2 aliphatic rings. The van der Waals surface area contributed by atoms with Crippen LogP contribution in [0.2, 0.25) is 0 Å². The zero-order chi connectivity index (χ0) is 15.0. The van der Waals surface area contributed by atoms with E-state index in [-0.39, 0.29) is 11.9 Å². The first-order valence-electron chi connectivity index (χ1n) is 7.30.